The lowest BCUT2D eigenvalue weighted by atomic mass is 10.1. The zero-order chi connectivity index (χ0) is 54.0. The van der Waals surface area contributed by atoms with Crippen LogP contribution >= 0.6 is 0 Å². The molecule has 0 bridgehead atoms. The average molecular weight is 1030 g/mol. The second-order valence-electron chi connectivity index (χ2n) is 17.7. The topological polar surface area (TPSA) is 221 Å². The van der Waals surface area contributed by atoms with Crippen LogP contribution in [0.3, 0.4) is 0 Å². The number of H-pyrrole nitrogens is 4. The Morgan fingerprint density at radius 1 is 0.295 bits per heavy atom. The monoisotopic (exact) mass is 1030 g/mol. The minimum absolute atomic E-state index is 0.0790. The maximum atomic E-state index is 12.0. The molecule has 14 heteroatoms. The first kappa shape index (κ1) is 49.5. The van der Waals surface area contributed by atoms with Gasteiger partial charge in [-0.25, -0.2) is 0 Å². The molecule has 16 aromatic rings. The van der Waals surface area contributed by atoms with Gasteiger partial charge < -0.3 is 42.7 Å². The second-order valence-corrected chi connectivity index (χ2v) is 17.7. The van der Waals surface area contributed by atoms with E-state index in [-0.39, 0.29) is 22.2 Å². The molecule has 0 unspecified atom stereocenters. The van der Waals surface area contributed by atoms with E-state index in [1.807, 2.05) is 184 Å². The summed E-state index contributed by atoms with van der Waals surface area (Å²) in [5, 5.41) is 17.2. The zero-order valence-electron chi connectivity index (χ0n) is 42.1. The molecule has 0 fully saturated rings. The normalized spacial score (nSPS) is 11.1. The van der Waals surface area contributed by atoms with Crippen molar-refractivity contribution in [3.8, 4) is 0 Å². The van der Waals surface area contributed by atoms with Crippen molar-refractivity contribution in [1.82, 2.24) is 19.9 Å². The molecule has 0 radical (unpaired) electrons. The number of rotatable bonds is 0. The maximum absolute atomic E-state index is 12.0. The van der Waals surface area contributed by atoms with E-state index in [1.54, 1.807) is 24.3 Å². The number of carboxylic acid groups (broad SMARTS) is 1. The number of aliphatic carboxylic acids is 1. The molecule has 8 aromatic carbocycles. The Morgan fingerprint density at radius 3 is 0.641 bits per heavy atom. The Hall–Kier alpha value is -10.7. The maximum Gasteiger partial charge on any atom is 0.300 e. The van der Waals surface area contributed by atoms with E-state index in [1.165, 1.54) is 0 Å². The van der Waals surface area contributed by atoms with Crippen molar-refractivity contribution in [2.24, 2.45) is 0 Å². The summed E-state index contributed by atoms with van der Waals surface area (Å²) in [7, 11) is 0. The van der Waals surface area contributed by atoms with Crippen LogP contribution in [0.1, 0.15) is 20.8 Å². The highest BCUT2D eigenvalue weighted by molar-refractivity contribution is 6.15. The van der Waals surface area contributed by atoms with E-state index in [0.717, 1.165) is 117 Å². The summed E-state index contributed by atoms with van der Waals surface area (Å²) in [5.74, 6) is -0.833. The summed E-state index contributed by atoms with van der Waals surface area (Å²) in [5.41, 5.74) is 8.91. The van der Waals surface area contributed by atoms with Crippen molar-refractivity contribution in [3.05, 3.63) is 236 Å². The fraction of sp³-hybridized carbons (Fsp3) is 0.0469. The van der Waals surface area contributed by atoms with E-state index in [0.29, 0.717) is 21.5 Å². The predicted octanol–water partition coefficient (Wildman–Crippen LogP) is 14.8. The summed E-state index contributed by atoms with van der Waals surface area (Å²) in [6.07, 6.45) is 0. The van der Waals surface area contributed by atoms with Gasteiger partial charge in [0.25, 0.3) is 28.2 Å². The van der Waals surface area contributed by atoms with Gasteiger partial charge in [0.2, 0.25) is 0 Å². The molecule has 382 valence electrons. The zero-order valence-corrected chi connectivity index (χ0v) is 42.1. The van der Waals surface area contributed by atoms with Crippen LogP contribution in [-0.4, -0.2) is 31.0 Å². The van der Waals surface area contributed by atoms with Gasteiger partial charge in [-0.3, -0.25) is 24.0 Å². The molecule has 5 N–H and O–H groups in total. The highest BCUT2D eigenvalue weighted by Crippen LogP contribution is 2.34. The molecule has 0 atom stereocenters. The van der Waals surface area contributed by atoms with Crippen molar-refractivity contribution in [1.29, 1.82) is 0 Å². The molecule has 0 saturated carbocycles. The number of fused-ring (bicyclic) bond motifs is 20. The minimum atomic E-state index is -0.833. The Labute approximate surface area is 439 Å². The number of carbonyl (C=O) groups is 1. The van der Waals surface area contributed by atoms with Crippen LogP contribution in [-0.2, 0) is 4.79 Å². The van der Waals surface area contributed by atoms with Crippen LogP contribution in [0.15, 0.2) is 231 Å². The third kappa shape index (κ3) is 8.98. The van der Waals surface area contributed by atoms with Crippen molar-refractivity contribution in [2.45, 2.75) is 20.8 Å². The van der Waals surface area contributed by atoms with Gasteiger partial charge in [-0.1, -0.05) is 135 Å². The first-order chi connectivity index (χ1) is 38.1. The van der Waals surface area contributed by atoms with Crippen molar-refractivity contribution < 1.29 is 27.6 Å². The lowest BCUT2D eigenvalue weighted by Crippen LogP contribution is -2.05. The fourth-order valence-corrected chi connectivity index (χ4v) is 9.68. The quantitative estimate of drug-likeness (QED) is 0.0967. The van der Waals surface area contributed by atoms with Gasteiger partial charge in [0.1, 0.15) is 22.3 Å². The van der Waals surface area contributed by atoms with Crippen molar-refractivity contribution in [2.75, 3.05) is 0 Å². The molecule has 16 rings (SSSR count). The second kappa shape index (κ2) is 20.9. The van der Waals surface area contributed by atoms with Crippen molar-refractivity contribution >= 4 is 137 Å². The number of hydrogen-bond acceptors (Lipinski definition) is 9. The summed E-state index contributed by atoms with van der Waals surface area (Å²) >= 11 is 0. The number of pyridine rings is 4. The third-order valence-corrected chi connectivity index (χ3v) is 13.0. The van der Waals surface area contributed by atoms with Crippen LogP contribution in [0.5, 0.6) is 0 Å². The van der Waals surface area contributed by atoms with Gasteiger partial charge in [0, 0.05) is 50.0 Å². The smallest absolute Gasteiger partial charge is 0.300 e. The number of furan rings is 4. The van der Waals surface area contributed by atoms with Crippen LogP contribution in [0.4, 0.5) is 0 Å². The summed E-state index contributed by atoms with van der Waals surface area (Å²) in [4.78, 5) is 68.8. The van der Waals surface area contributed by atoms with E-state index < -0.39 is 5.97 Å². The molecule has 0 aliphatic rings. The van der Waals surface area contributed by atoms with E-state index in [4.69, 9.17) is 27.6 Å². The summed E-state index contributed by atoms with van der Waals surface area (Å²) in [6, 6.07) is 60.8. The van der Waals surface area contributed by atoms with Crippen LogP contribution in [0.25, 0.3) is 131 Å². The average Bonchev–Trinajstić information content (AvgIpc) is 4.28. The van der Waals surface area contributed by atoms with Crippen LogP contribution < -0.4 is 22.2 Å². The first-order valence-corrected chi connectivity index (χ1v) is 25.0. The molecular formula is C64H46N4O10. The largest absolute Gasteiger partial charge is 0.481 e. The first-order valence-electron chi connectivity index (χ1n) is 25.0. The van der Waals surface area contributed by atoms with Gasteiger partial charge in [-0.05, 0) is 72.8 Å². The molecule has 0 aliphatic carbocycles. The van der Waals surface area contributed by atoms with Gasteiger partial charge in [-0.2, -0.15) is 0 Å². The van der Waals surface area contributed by atoms with E-state index in [2.05, 4.69) is 19.9 Å². The predicted molar refractivity (Wildman–Crippen MR) is 312 cm³/mol. The molecular weight excluding hydrogens is 985 g/mol. The minimum Gasteiger partial charge on any atom is -0.481 e. The molecule has 78 heavy (non-hydrogen) atoms. The molecule has 8 heterocycles. The highest BCUT2D eigenvalue weighted by Gasteiger charge is 2.16. The number of carboxylic acids is 1. The van der Waals surface area contributed by atoms with Gasteiger partial charge in [0.05, 0.1) is 43.6 Å². The van der Waals surface area contributed by atoms with Gasteiger partial charge in [0.15, 0.2) is 22.3 Å². The van der Waals surface area contributed by atoms with E-state index in [9.17, 15) is 19.2 Å². The number of benzene rings is 8. The number of nitrogens with one attached hydrogen (secondary N) is 4. The van der Waals surface area contributed by atoms with Gasteiger partial charge >= 0.3 is 0 Å². The standard InChI is InChI=1S/4C15H9NO2.C2H4O2.C2H6/c4*17-15-10-6-2-1-5-9(10)14-13(16-15)11-7-3-4-8-12(11)18-14;1-2(3)4;1-2/h4*1-8H,(H,16,17);1H3,(H,3,4);1-2H3. The Kier molecular flexibility index (Phi) is 13.2. The summed E-state index contributed by atoms with van der Waals surface area (Å²) < 4.78 is 23.4. The SMILES string of the molecule is CC.CC(=O)O.O=c1[nH]c2c3ccccc3oc2c2ccccc12.O=c1[nH]c2c3ccccc3oc2c2ccccc12.O=c1[nH]c2c3ccccc3oc2c2ccccc12.O=c1[nH]c2c3ccccc3oc2c2ccccc12. The van der Waals surface area contributed by atoms with Crippen LogP contribution in [0, 0.1) is 0 Å². The number of para-hydroxylation sites is 4. The molecule has 14 nitrogen and oxygen atoms in total. The summed E-state index contributed by atoms with van der Waals surface area (Å²) in [6.45, 7) is 5.08. The van der Waals surface area contributed by atoms with Crippen LogP contribution in [0.2, 0.25) is 0 Å². The van der Waals surface area contributed by atoms with E-state index >= 15 is 0 Å². The molecule has 0 aliphatic heterocycles. The number of hydrogen-bond donors (Lipinski definition) is 5. The molecule has 0 spiro atoms. The van der Waals surface area contributed by atoms with Crippen molar-refractivity contribution in [3.63, 3.8) is 0 Å². The fourth-order valence-electron chi connectivity index (χ4n) is 9.68. The third-order valence-electron chi connectivity index (χ3n) is 13.0. The lowest BCUT2D eigenvalue weighted by molar-refractivity contribution is -0.134. The Bertz CT molecular complexity index is 4540. The molecule has 0 saturated heterocycles. The Morgan fingerprint density at radius 2 is 0.449 bits per heavy atom. The highest BCUT2D eigenvalue weighted by atomic mass is 16.4. The van der Waals surface area contributed by atoms with Gasteiger partial charge in [-0.15, -0.1) is 0 Å². The lowest BCUT2D eigenvalue weighted by Gasteiger charge is -1.96. The Balaban J connectivity index is 0.000000107. The molecule has 8 aromatic heterocycles. The number of aromatic nitrogens is 4. The molecule has 0 amide bonds. The number of aromatic amines is 4.